The topological polar surface area (TPSA) is 37.4 Å². The number of benzene rings is 1. The summed E-state index contributed by atoms with van der Waals surface area (Å²) < 4.78 is 27.8. The molecule has 0 saturated heterocycles. The van der Waals surface area contributed by atoms with E-state index in [4.69, 9.17) is 0 Å². The molecule has 2 aromatic rings. The second-order valence-corrected chi connectivity index (χ2v) is 8.32. The molecule has 0 saturated carbocycles. The maximum atomic E-state index is 12.7. The van der Waals surface area contributed by atoms with Gasteiger partial charge in [0.1, 0.15) is 4.21 Å². The van der Waals surface area contributed by atoms with Gasteiger partial charge in [0, 0.05) is 17.6 Å². The van der Waals surface area contributed by atoms with Gasteiger partial charge in [0.05, 0.1) is 0 Å². The Labute approximate surface area is 132 Å². The smallest absolute Gasteiger partial charge is 0.206 e. The Kier molecular flexibility index (Phi) is 5.01. The van der Waals surface area contributed by atoms with Crippen molar-refractivity contribution in [3.05, 3.63) is 51.3 Å². The van der Waals surface area contributed by atoms with Crippen LogP contribution in [-0.4, -0.2) is 19.3 Å². The molecule has 1 aromatic heterocycles. The van der Waals surface area contributed by atoms with Crippen LogP contribution >= 0.6 is 27.3 Å². The van der Waals surface area contributed by atoms with Crippen LogP contribution < -0.4 is 0 Å². The molecule has 6 heteroatoms. The van der Waals surface area contributed by atoms with E-state index in [1.165, 1.54) is 15.6 Å². The molecular formula is C14H16BrNO2S2. The minimum atomic E-state index is -3.45. The highest BCUT2D eigenvalue weighted by molar-refractivity contribution is 9.10. The molecule has 108 valence electrons. The summed E-state index contributed by atoms with van der Waals surface area (Å²) in [6.45, 7) is 4.70. The summed E-state index contributed by atoms with van der Waals surface area (Å²) in [4.78, 5) is 0. The van der Waals surface area contributed by atoms with Crippen molar-refractivity contribution in [2.24, 2.45) is 0 Å². The molecule has 0 aliphatic heterocycles. The summed E-state index contributed by atoms with van der Waals surface area (Å²) in [5, 5.41) is 1.78. The van der Waals surface area contributed by atoms with Gasteiger partial charge < -0.3 is 0 Å². The molecule has 0 spiro atoms. The number of hydrogen-bond donors (Lipinski definition) is 0. The Morgan fingerprint density at radius 2 is 1.95 bits per heavy atom. The van der Waals surface area contributed by atoms with E-state index in [2.05, 4.69) is 15.9 Å². The number of hydrogen-bond acceptors (Lipinski definition) is 3. The average Bonchev–Trinajstić information content (AvgIpc) is 2.84. The highest BCUT2D eigenvalue weighted by Crippen LogP contribution is 2.31. The van der Waals surface area contributed by atoms with Crippen molar-refractivity contribution >= 4 is 37.3 Å². The molecule has 0 radical (unpaired) electrons. The Morgan fingerprint density at radius 3 is 2.50 bits per heavy atom. The van der Waals surface area contributed by atoms with Crippen LogP contribution in [0.2, 0.25) is 0 Å². The second kappa shape index (κ2) is 6.39. The van der Waals surface area contributed by atoms with Gasteiger partial charge in [-0.3, -0.25) is 0 Å². The lowest BCUT2D eigenvalue weighted by molar-refractivity contribution is 0.424. The highest BCUT2D eigenvalue weighted by atomic mass is 79.9. The van der Waals surface area contributed by atoms with E-state index in [0.29, 0.717) is 21.8 Å². The Morgan fingerprint density at radius 1 is 1.25 bits per heavy atom. The van der Waals surface area contributed by atoms with E-state index < -0.39 is 10.0 Å². The van der Waals surface area contributed by atoms with Gasteiger partial charge in [-0.2, -0.15) is 4.31 Å². The van der Waals surface area contributed by atoms with Crippen molar-refractivity contribution in [2.75, 3.05) is 6.54 Å². The molecule has 0 aliphatic carbocycles. The van der Waals surface area contributed by atoms with Gasteiger partial charge in [0.15, 0.2) is 0 Å². The lowest BCUT2D eigenvalue weighted by atomic mass is 10.1. The van der Waals surface area contributed by atoms with Crippen LogP contribution in [0.25, 0.3) is 0 Å². The van der Waals surface area contributed by atoms with Gasteiger partial charge in [0.25, 0.3) is 10.0 Å². The Hall–Kier alpha value is -0.690. The third-order valence-corrected chi connectivity index (χ3v) is 7.69. The van der Waals surface area contributed by atoms with Gasteiger partial charge in [-0.25, -0.2) is 8.42 Å². The van der Waals surface area contributed by atoms with Crippen molar-refractivity contribution in [3.63, 3.8) is 0 Å². The van der Waals surface area contributed by atoms with Gasteiger partial charge in [-0.1, -0.05) is 31.2 Å². The highest BCUT2D eigenvalue weighted by Gasteiger charge is 2.26. The minimum Gasteiger partial charge on any atom is -0.206 e. The number of rotatable bonds is 5. The molecule has 20 heavy (non-hydrogen) atoms. The SMILES string of the molecule is CCN(Cc1ccccc1C)S(=O)(=O)c1sccc1Br. The Bertz CT molecular complexity index is 695. The van der Waals surface area contributed by atoms with Crippen LogP contribution in [0.4, 0.5) is 0 Å². The van der Waals surface area contributed by atoms with Crippen molar-refractivity contribution in [2.45, 2.75) is 24.6 Å². The normalized spacial score (nSPS) is 12.0. The fourth-order valence-corrected chi connectivity index (χ4v) is 5.80. The third-order valence-electron chi connectivity index (χ3n) is 3.12. The quantitative estimate of drug-likeness (QED) is 0.793. The Balaban J connectivity index is 2.34. The van der Waals surface area contributed by atoms with Crippen LogP contribution in [0.1, 0.15) is 18.1 Å². The zero-order valence-electron chi connectivity index (χ0n) is 11.3. The van der Waals surface area contributed by atoms with Crippen LogP contribution in [0.5, 0.6) is 0 Å². The monoisotopic (exact) mass is 373 g/mol. The first-order valence-electron chi connectivity index (χ1n) is 6.24. The standard InChI is InChI=1S/C14H16BrNO2S2/c1-3-16(10-12-7-5-4-6-11(12)2)20(17,18)14-13(15)8-9-19-14/h4-9H,3,10H2,1-2H3. The first kappa shape index (κ1) is 15.7. The van der Waals surface area contributed by atoms with E-state index in [1.807, 2.05) is 38.1 Å². The molecule has 0 atom stereocenters. The van der Waals surface area contributed by atoms with Crippen molar-refractivity contribution in [3.8, 4) is 0 Å². The zero-order chi connectivity index (χ0) is 14.8. The predicted molar refractivity (Wildman–Crippen MR) is 86.5 cm³/mol. The summed E-state index contributed by atoms with van der Waals surface area (Å²) in [7, 11) is -3.45. The fraction of sp³-hybridized carbons (Fsp3) is 0.286. The maximum absolute atomic E-state index is 12.7. The summed E-state index contributed by atoms with van der Waals surface area (Å²) in [5.41, 5.74) is 2.14. The third kappa shape index (κ3) is 3.14. The average molecular weight is 374 g/mol. The van der Waals surface area contributed by atoms with Crippen molar-refractivity contribution in [1.82, 2.24) is 4.31 Å². The van der Waals surface area contributed by atoms with Gasteiger partial charge >= 0.3 is 0 Å². The molecule has 0 unspecified atom stereocenters. The van der Waals surface area contributed by atoms with E-state index in [0.717, 1.165) is 11.1 Å². The largest absolute Gasteiger partial charge is 0.253 e. The molecule has 0 fully saturated rings. The molecule has 2 rings (SSSR count). The molecule has 1 heterocycles. The van der Waals surface area contributed by atoms with E-state index >= 15 is 0 Å². The van der Waals surface area contributed by atoms with E-state index in [1.54, 1.807) is 11.4 Å². The lowest BCUT2D eigenvalue weighted by Crippen LogP contribution is -2.30. The molecule has 0 N–H and O–H groups in total. The van der Waals surface area contributed by atoms with Gasteiger partial charge in [-0.15, -0.1) is 11.3 Å². The summed E-state index contributed by atoms with van der Waals surface area (Å²) >= 11 is 4.54. The van der Waals surface area contributed by atoms with Crippen LogP contribution in [0.3, 0.4) is 0 Å². The van der Waals surface area contributed by atoms with Gasteiger partial charge in [0.2, 0.25) is 0 Å². The van der Waals surface area contributed by atoms with E-state index in [-0.39, 0.29) is 0 Å². The number of thiophene rings is 1. The predicted octanol–water partition coefficient (Wildman–Crippen LogP) is 4.03. The molecular weight excluding hydrogens is 358 g/mol. The molecule has 0 amide bonds. The van der Waals surface area contributed by atoms with Crippen molar-refractivity contribution < 1.29 is 8.42 Å². The lowest BCUT2D eigenvalue weighted by Gasteiger charge is -2.21. The number of halogens is 1. The fourth-order valence-electron chi connectivity index (χ4n) is 1.93. The molecule has 0 aliphatic rings. The number of aryl methyl sites for hydroxylation is 1. The first-order valence-corrected chi connectivity index (χ1v) is 9.35. The minimum absolute atomic E-state index is 0.368. The summed E-state index contributed by atoms with van der Waals surface area (Å²) in [5.74, 6) is 0. The molecule has 0 bridgehead atoms. The summed E-state index contributed by atoms with van der Waals surface area (Å²) in [6, 6.07) is 9.62. The molecule has 3 nitrogen and oxygen atoms in total. The molecule has 1 aromatic carbocycles. The number of sulfonamides is 1. The number of nitrogens with zero attached hydrogens (tertiary/aromatic N) is 1. The van der Waals surface area contributed by atoms with Crippen LogP contribution in [0.15, 0.2) is 44.4 Å². The van der Waals surface area contributed by atoms with Crippen molar-refractivity contribution in [1.29, 1.82) is 0 Å². The summed E-state index contributed by atoms with van der Waals surface area (Å²) in [6.07, 6.45) is 0. The maximum Gasteiger partial charge on any atom is 0.253 e. The van der Waals surface area contributed by atoms with Crippen LogP contribution in [0, 0.1) is 6.92 Å². The zero-order valence-corrected chi connectivity index (χ0v) is 14.6. The second-order valence-electron chi connectivity index (χ2n) is 4.41. The van der Waals surface area contributed by atoms with E-state index in [9.17, 15) is 8.42 Å². The van der Waals surface area contributed by atoms with Crippen LogP contribution in [-0.2, 0) is 16.6 Å². The van der Waals surface area contributed by atoms with Gasteiger partial charge in [-0.05, 0) is 45.4 Å². The first-order chi connectivity index (χ1) is 9.46.